The molecule has 1 N–H and O–H groups in total. The molecule has 0 spiro atoms. The van der Waals surface area contributed by atoms with Crippen molar-refractivity contribution in [3.63, 3.8) is 0 Å². The molecule has 7 heteroatoms. The second-order valence-corrected chi connectivity index (χ2v) is 6.49. The van der Waals surface area contributed by atoms with Crippen LogP contribution in [0.1, 0.15) is 5.56 Å². The lowest BCUT2D eigenvalue weighted by molar-refractivity contribution is -0.714. The van der Waals surface area contributed by atoms with Gasteiger partial charge in [-0.05, 0) is 42.3 Å². The molecule has 1 aromatic heterocycles. The van der Waals surface area contributed by atoms with E-state index < -0.39 is 5.23 Å². The van der Waals surface area contributed by atoms with Crippen LogP contribution in [0, 0.1) is 17.3 Å². The molecular formula is C22H18N3O4-. The van der Waals surface area contributed by atoms with E-state index in [0.717, 1.165) is 11.1 Å². The maximum atomic E-state index is 11.8. The van der Waals surface area contributed by atoms with E-state index in [1.807, 2.05) is 49.4 Å². The van der Waals surface area contributed by atoms with Gasteiger partial charge in [0.1, 0.15) is 11.4 Å². The normalized spacial score (nSPS) is 11.1. The van der Waals surface area contributed by atoms with E-state index in [0.29, 0.717) is 28.3 Å². The number of aromatic nitrogens is 2. The van der Waals surface area contributed by atoms with Crippen LogP contribution >= 0.6 is 0 Å². The van der Waals surface area contributed by atoms with Crippen LogP contribution in [0.25, 0.3) is 34.0 Å². The first kappa shape index (κ1) is 18.8. The van der Waals surface area contributed by atoms with Gasteiger partial charge in [0.2, 0.25) is 5.82 Å². The van der Waals surface area contributed by atoms with Gasteiger partial charge < -0.3 is 24.9 Å². The minimum atomic E-state index is -1.27. The largest absolute Gasteiger partial charge is 0.628 e. The van der Waals surface area contributed by atoms with Gasteiger partial charge in [-0.1, -0.05) is 41.6 Å². The summed E-state index contributed by atoms with van der Waals surface area (Å²) in [5.74, 6) is 1.19. The van der Waals surface area contributed by atoms with Crippen LogP contribution in [0.4, 0.5) is 5.69 Å². The standard InChI is InChI=1S/C22H18N3O4/c1-14-7-3-4-8-16(14)17-12-11-15(13-19(17)25(26)27)22-23-21(24-29-22)18-9-5-6-10-20(18)28-2/h3-13,25H,1-2H3/q-1. The fourth-order valence-electron chi connectivity index (χ4n) is 3.24. The molecule has 0 unspecified atom stereocenters. The lowest BCUT2D eigenvalue weighted by Gasteiger charge is -2.27. The summed E-state index contributed by atoms with van der Waals surface area (Å²) in [4.78, 5) is 4.41. The molecule has 0 bridgehead atoms. The van der Waals surface area contributed by atoms with Crippen molar-refractivity contribution in [1.29, 1.82) is 0 Å². The third-order valence-electron chi connectivity index (χ3n) is 4.70. The monoisotopic (exact) mass is 388 g/mol. The molecule has 4 rings (SSSR count). The van der Waals surface area contributed by atoms with E-state index in [-0.39, 0.29) is 11.6 Å². The van der Waals surface area contributed by atoms with Gasteiger partial charge in [0.25, 0.3) is 5.89 Å². The predicted octanol–water partition coefficient (Wildman–Crippen LogP) is 3.90. The number of hydrogen-bond acceptors (Lipinski definition) is 6. The zero-order valence-corrected chi connectivity index (χ0v) is 15.9. The lowest BCUT2D eigenvalue weighted by atomic mass is 9.97. The van der Waals surface area contributed by atoms with Crippen molar-refractivity contribution in [3.05, 3.63) is 82.7 Å². The highest BCUT2D eigenvalue weighted by molar-refractivity contribution is 5.79. The Balaban J connectivity index is 1.76. The number of quaternary nitrogens is 1. The molecule has 29 heavy (non-hydrogen) atoms. The zero-order valence-electron chi connectivity index (χ0n) is 15.9. The molecule has 0 aliphatic rings. The molecule has 0 atom stereocenters. The summed E-state index contributed by atoms with van der Waals surface area (Å²) in [5, 5.41) is 26.4. The number of benzene rings is 3. The smallest absolute Gasteiger partial charge is 0.258 e. The fourth-order valence-corrected chi connectivity index (χ4v) is 3.24. The maximum Gasteiger partial charge on any atom is 0.258 e. The van der Waals surface area contributed by atoms with E-state index >= 15 is 0 Å². The molecule has 0 saturated carbocycles. The van der Waals surface area contributed by atoms with Gasteiger partial charge in [-0.2, -0.15) is 4.98 Å². The van der Waals surface area contributed by atoms with Crippen molar-refractivity contribution in [2.75, 3.05) is 7.11 Å². The average molecular weight is 388 g/mol. The van der Waals surface area contributed by atoms with Crippen LogP contribution < -0.4 is 9.96 Å². The Morgan fingerprint density at radius 2 is 1.62 bits per heavy atom. The number of nitrogens with zero attached hydrogens (tertiary/aromatic N) is 2. The predicted molar refractivity (Wildman–Crippen MR) is 109 cm³/mol. The third-order valence-corrected chi connectivity index (χ3v) is 4.70. The molecule has 0 saturated heterocycles. The minimum absolute atomic E-state index is 0.0637. The van der Waals surface area contributed by atoms with Crippen molar-refractivity contribution in [1.82, 2.24) is 10.1 Å². The Morgan fingerprint density at radius 3 is 2.34 bits per heavy atom. The van der Waals surface area contributed by atoms with Crippen LogP contribution in [0.3, 0.4) is 0 Å². The van der Waals surface area contributed by atoms with Crippen molar-refractivity contribution >= 4 is 5.69 Å². The first-order valence-corrected chi connectivity index (χ1v) is 8.97. The van der Waals surface area contributed by atoms with Crippen LogP contribution in [0.5, 0.6) is 5.75 Å². The minimum Gasteiger partial charge on any atom is -0.628 e. The van der Waals surface area contributed by atoms with Gasteiger partial charge in [0.05, 0.1) is 12.7 Å². The van der Waals surface area contributed by atoms with Gasteiger partial charge in [0, 0.05) is 17.2 Å². The summed E-state index contributed by atoms with van der Waals surface area (Å²) in [5.41, 5.74) is 3.62. The fraction of sp³-hybridized carbons (Fsp3) is 0.0909. The molecule has 1 heterocycles. The summed E-state index contributed by atoms with van der Waals surface area (Å²) < 4.78 is 10.7. The van der Waals surface area contributed by atoms with Gasteiger partial charge in [-0.15, -0.1) is 0 Å². The van der Waals surface area contributed by atoms with E-state index in [1.54, 1.807) is 25.3 Å². The van der Waals surface area contributed by atoms with Crippen molar-refractivity contribution in [3.8, 4) is 39.7 Å². The Hall–Kier alpha value is -3.52. The molecule has 3 aromatic carbocycles. The number of nitrogens with one attached hydrogen (secondary N) is 1. The second kappa shape index (κ2) is 7.84. The van der Waals surface area contributed by atoms with E-state index in [9.17, 15) is 10.4 Å². The summed E-state index contributed by atoms with van der Waals surface area (Å²) in [6.45, 7) is 1.93. The average Bonchev–Trinajstić information content (AvgIpc) is 3.24. The molecule has 0 radical (unpaired) electrons. The number of methoxy groups -OCH3 is 1. The van der Waals surface area contributed by atoms with E-state index in [2.05, 4.69) is 10.1 Å². The van der Waals surface area contributed by atoms with Crippen LogP contribution in [-0.4, -0.2) is 17.3 Å². The van der Waals surface area contributed by atoms with Gasteiger partial charge >= 0.3 is 0 Å². The van der Waals surface area contributed by atoms with E-state index in [1.165, 1.54) is 6.07 Å². The lowest BCUT2D eigenvalue weighted by Crippen LogP contribution is -2.96. The van der Waals surface area contributed by atoms with Gasteiger partial charge in [-0.25, -0.2) is 0 Å². The van der Waals surface area contributed by atoms with E-state index in [4.69, 9.17) is 9.26 Å². The number of hydrogen-bond donors (Lipinski definition) is 1. The highest BCUT2D eigenvalue weighted by Gasteiger charge is 2.17. The van der Waals surface area contributed by atoms with Crippen molar-refractivity contribution in [2.45, 2.75) is 6.92 Å². The van der Waals surface area contributed by atoms with Crippen LogP contribution in [0.15, 0.2) is 71.3 Å². The number of para-hydroxylation sites is 1. The number of aryl methyl sites for hydroxylation is 1. The SMILES string of the molecule is COc1ccccc1-c1noc(-c2ccc(-c3ccccc3C)c([NH+]([O-])[O-])c2)n1. The summed E-state index contributed by atoms with van der Waals surface area (Å²) in [6, 6.07) is 19.9. The summed E-state index contributed by atoms with van der Waals surface area (Å²) in [6.07, 6.45) is 0. The first-order valence-electron chi connectivity index (χ1n) is 8.97. The van der Waals surface area contributed by atoms with Crippen LogP contribution in [-0.2, 0) is 0 Å². The highest BCUT2D eigenvalue weighted by atomic mass is 16.8. The Kier molecular flexibility index (Phi) is 5.09. The summed E-state index contributed by atoms with van der Waals surface area (Å²) in [7, 11) is 1.57. The zero-order chi connectivity index (χ0) is 20.4. The van der Waals surface area contributed by atoms with Crippen molar-refractivity contribution < 1.29 is 14.5 Å². The second-order valence-electron chi connectivity index (χ2n) is 6.49. The molecule has 146 valence electrons. The van der Waals surface area contributed by atoms with Crippen LogP contribution in [0.2, 0.25) is 0 Å². The third kappa shape index (κ3) is 3.62. The first-order chi connectivity index (χ1) is 14.1. The summed E-state index contributed by atoms with van der Waals surface area (Å²) >= 11 is 0. The Morgan fingerprint density at radius 1 is 0.897 bits per heavy atom. The Bertz CT molecular complexity index is 1150. The topological polar surface area (TPSA) is 98.7 Å². The van der Waals surface area contributed by atoms with Crippen molar-refractivity contribution in [2.24, 2.45) is 0 Å². The molecule has 0 aliphatic heterocycles. The Labute approximate surface area is 167 Å². The number of ether oxygens (including phenoxy) is 1. The maximum absolute atomic E-state index is 11.8. The molecule has 4 aromatic rings. The molecule has 0 amide bonds. The quantitative estimate of drug-likeness (QED) is 0.521. The molecule has 7 nitrogen and oxygen atoms in total. The van der Waals surface area contributed by atoms with Gasteiger partial charge in [-0.3, -0.25) is 0 Å². The molecular weight excluding hydrogens is 370 g/mol. The van der Waals surface area contributed by atoms with Gasteiger partial charge in [0.15, 0.2) is 0 Å². The molecule has 0 aliphatic carbocycles. The number of rotatable bonds is 5. The highest BCUT2D eigenvalue weighted by Crippen LogP contribution is 2.33. The molecule has 0 fully saturated rings.